The summed E-state index contributed by atoms with van der Waals surface area (Å²) in [7, 11) is 0. The van der Waals surface area contributed by atoms with Gasteiger partial charge in [-0.3, -0.25) is 0 Å². The van der Waals surface area contributed by atoms with E-state index >= 15 is 0 Å². The van der Waals surface area contributed by atoms with Crippen molar-refractivity contribution in [1.29, 1.82) is 0 Å². The molecule has 2 heteroatoms. The molecule has 84 valence electrons. The topological polar surface area (TPSA) is 21.3 Å². The van der Waals surface area contributed by atoms with Crippen LogP contribution < -0.4 is 5.32 Å². The van der Waals surface area contributed by atoms with Crippen LogP contribution in [0.1, 0.15) is 39.5 Å². The fraction of sp³-hybridized carbons (Fsp3) is 1.00. The molecule has 1 fully saturated rings. The Morgan fingerprint density at radius 3 is 2.86 bits per heavy atom. The molecule has 0 heterocycles. The van der Waals surface area contributed by atoms with E-state index in [0.29, 0.717) is 5.92 Å². The van der Waals surface area contributed by atoms with E-state index in [4.69, 9.17) is 4.74 Å². The molecule has 0 saturated heterocycles. The molecule has 0 aromatic heterocycles. The van der Waals surface area contributed by atoms with Crippen LogP contribution in [-0.4, -0.2) is 26.3 Å². The number of hydrogen-bond donors (Lipinski definition) is 1. The van der Waals surface area contributed by atoms with Gasteiger partial charge in [0, 0.05) is 6.61 Å². The fourth-order valence-corrected chi connectivity index (χ4v) is 1.53. The summed E-state index contributed by atoms with van der Waals surface area (Å²) in [5.41, 5.74) is 0. The van der Waals surface area contributed by atoms with Gasteiger partial charge in [0.1, 0.15) is 0 Å². The average Bonchev–Trinajstić information content (AvgIpc) is 2.97. The van der Waals surface area contributed by atoms with Gasteiger partial charge < -0.3 is 10.1 Å². The lowest BCUT2D eigenvalue weighted by molar-refractivity contribution is 0.0995. The van der Waals surface area contributed by atoms with Gasteiger partial charge in [0.05, 0.1) is 6.61 Å². The number of rotatable bonds is 9. The lowest BCUT2D eigenvalue weighted by Gasteiger charge is -2.12. The van der Waals surface area contributed by atoms with Gasteiger partial charge in [0.25, 0.3) is 0 Å². The first kappa shape index (κ1) is 12.0. The molecule has 2 nitrogen and oxygen atoms in total. The van der Waals surface area contributed by atoms with Crippen molar-refractivity contribution < 1.29 is 4.74 Å². The second kappa shape index (κ2) is 7.24. The normalized spacial score (nSPS) is 18.4. The molecule has 0 amide bonds. The molecule has 0 aromatic carbocycles. The van der Waals surface area contributed by atoms with E-state index in [1.54, 1.807) is 0 Å². The van der Waals surface area contributed by atoms with Crippen molar-refractivity contribution in [3.63, 3.8) is 0 Å². The molecule has 0 bridgehead atoms. The van der Waals surface area contributed by atoms with Crippen LogP contribution in [0.3, 0.4) is 0 Å². The molecule has 14 heavy (non-hydrogen) atoms. The summed E-state index contributed by atoms with van der Waals surface area (Å²) >= 11 is 0. The largest absolute Gasteiger partial charge is 0.381 e. The zero-order valence-electron chi connectivity index (χ0n) is 9.72. The average molecular weight is 199 g/mol. The standard InChI is InChI=1S/C12H25NO/c1-3-7-13-9-11(2)10-14-8-6-12-4-5-12/h11-13H,3-10H2,1-2H3. The summed E-state index contributed by atoms with van der Waals surface area (Å²) in [6.07, 6.45) is 5.39. The molecule has 1 aliphatic carbocycles. The predicted molar refractivity (Wildman–Crippen MR) is 60.5 cm³/mol. The SMILES string of the molecule is CCCNCC(C)COCCC1CC1. The summed E-state index contributed by atoms with van der Waals surface area (Å²) in [6, 6.07) is 0. The zero-order valence-corrected chi connectivity index (χ0v) is 9.72. The van der Waals surface area contributed by atoms with Gasteiger partial charge in [0.2, 0.25) is 0 Å². The fourth-order valence-electron chi connectivity index (χ4n) is 1.53. The van der Waals surface area contributed by atoms with E-state index in [1.807, 2.05) is 0 Å². The molecule has 1 saturated carbocycles. The lowest BCUT2D eigenvalue weighted by Crippen LogP contribution is -2.24. The van der Waals surface area contributed by atoms with Crippen LogP contribution in [-0.2, 0) is 4.74 Å². The van der Waals surface area contributed by atoms with E-state index in [1.165, 1.54) is 25.7 Å². The van der Waals surface area contributed by atoms with E-state index in [0.717, 1.165) is 32.2 Å². The third-order valence-electron chi connectivity index (χ3n) is 2.69. The molecule has 1 atom stereocenters. The summed E-state index contributed by atoms with van der Waals surface area (Å²) in [5.74, 6) is 1.66. The van der Waals surface area contributed by atoms with E-state index in [2.05, 4.69) is 19.2 Å². The summed E-state index contributed by atoms with van der Waals surface area (Å²) < 4.78 is 5.64. The van der Waals surface area contributed by atoms with Gasteiger partial charge in [-0.05, 0) is 37.8 Å². The van der Waals surface area contributed by atoms with Crippen molar-refractivity contribution >= 4 is 0 Å². The molecule has 1 rings (SSSR count). The van der Waals surface area contributed by atoms with Crippen molar-refractivity contribution in [2.45, 2.75) is 39.5 Å². The van der Waals surface area contributed by atoms with Gasteiger partial charge in [0.15, 0.2) is 0 Å². The van der Waals surface area contributed by atoms with Crippen LogP contribution in [0.5, 0.6) is 0 Å². The minimum Gasteiger partial charge on any atom is -0.381 e. The van der Waals surface area contributed by atoms with Crippen LogP contribution in [0.4, 0.5) is 0 Å². The predicted octanol–water partition coefficient (Wildman–Crippen LogP) is 2.44. The maximum Gasteiger partial charge on any atom is 0.0503 e. The van der Waals surface area contributed by atoms with Gasteiger partial charge in [-0.1, -0.05) is 26.7 Å². The van der Waals surface area contributed by atoms with Crippen LogP contribution in [0.2, 0.25) is 0 Å². The number of nitrogens with one attached hydrogen (secondary N) is 1. The van der Waals surface area contributed by atoms with Gasteiger partial charge in [-0.15, -0.1) is 0 Å². The van der Waals surface area contributed by atoms with Crippen molar-refractivity contribution in [1.82, 2.24) is 5.32 Å². The molecule has 0 aromatic rings. The Morgan fingerprint density at radius 1 is 1.43 bits per heavy atom. The molecule has 0 spiro atoms. The van der Waals surface area contributed by atoms with Gasteiger partial charge in [-0.25, -0.2) is 0 Å². The first-order valence-electron chi connectivity index (χ1n) is 6.11. The molecule has 1 aliphatic rings. The highest BCUT2D eigenvalue weighted by Crippen LogP contribution is 2.32. The molecule has 1 unspecified atom stereocenters. The van der Waals surface area contributed by atoms with E-state index < -0.39 is 0 Å². The van der Waals surface area contributed by atoms with Crippen LogP contribution in [0, 0.1) is 11.8 Å². The highest BCUT2D eigenvalue weighted by Gasteiger charge is 2.20. The maximum absolute atomic E-state index is 5.64. The first-order valence-corrected chi connectivity index (χ1v) is 6.11. The van der Waals surface area contributed by atoms with E-state index in [-0.39, 0.29) is 0 Å². The third-order valence-corrected chi connectivity index (χ3v) is 2.69. The Hall–Kier alpha value is -0.0800. The molecular formula is C12H25NO. The smallest absolute Gasteiger partial charge is 0.0503 e. The quantitative estimate of drug-likeness (QED) is 0.576. The van der Waals surface area contributed by atoms with Gasteiger partial charge in [-0.2, -0.15) is 0 Å². The molecule has 0 aliphatic heterocycles. The maximum atomic E-state index is 5.64. The Labute approximate surface area is 88.4 Å². The summed E-state index contributed by atoms with van der Waals surface area (Å²) in [4.78, 5) is 0. The van der Waals surface area contributed by atoms with Crippen LogP contribution in [0.25, 0.3) is 0 Å². The first-order chi connectivity index (χ1) is 6.83. The molecule has 1 N–H and O–H groups in total. The highest BCUT2D eigenvalue weighted by atomic mass is 16.5. The highest BCUT2D eigenvalue weighted by molar-refractivity contribution is 4.72. The lowest BCUT2D eigenvalue weighted by atomic mass is 10.2. The minimum absolute atomic E-state index is 0.653. The van der Waals surface area contributed by atoms with Crippen LogP contribution >= 0.6 is 0 Å². The van der Waals surface area contributed by atoms with Crippen molar-refractivity contribution in [3.05, 3.63) is 0 Å². The summed E-state index contributed by atoms with van der Waals surface area (Å²) in [6.45, 7) is 8.57. The van der Waals surface area contributed by atoms with Crippen LogP contribution in [0.15, 0.2) is 0 Å². The second-order valence-corrected chi connectivity index (χ2v) is 4.62. The Kier molecular flexibility index (Phi) is 6.20. The Morgan fingerprint density at radius 2 is 2.21 bits per heavy atom. The third kappa shape index (κ3) is 6.39. The number of ether oxygens (including phenoxy) is 1. The second-order valence-electron chi connectivity index (χ2n) is 4.62. The summed E-state index contributed by atoms with van der Waals surface area (Å²) in [5, 5.41) is 3.42. The molecular weight excluding hydrogens is 174 g/mol. The Bertz CT molecular complexity index is 134. The number of hydrogen-bond acceptors (Lipinski definition) is 2. The monoisotopic (exact) mass is 199 g/mol. The van der Waals surface area contributed by atoms with Gasteiger partial charge >= 0.3 is 0 Å². The van der Waals surface area contributed by atoms with Crippen molar-refractivity contribution in [3.8, 4) is 0 Å². The van der Waals surface area contributed by atoms with E-state index in [9.17, 15) is 0 Å². The zero-order chi connectivity index (χ0) is 10.2. The molecule has 0 radical (unpaired) electrons. The Balaban J connectivity index is 1.78. The van der Waals surface area contributed by atoms with Crippen molar-refractivity contribution in [2.24, 2.45) is 11.8 Å². The van der Waals surface area contributed by atoms with Crippen molar-refractivity contribution in [2.75, 3.05) is 26.3 Å². The minimum atomic E-state index is 0.653.